The van der Waals surface area contributed by atoms with Crippen molar-refractivity contribution in [1.82, 2.24) is 5.32 Å². The lowest BCUT2D eigenvalue weighted by Gasteiger charge is -2.15. The molecule has 1 N–H and O–H groups in total. The second-order valence-electron chi connectivity index (χ2n) is 4.67. The van der Waals surface area contributed by atoms with Gasteiger partial charge in [0.1, 0.15) is 5.75 Å². The van der Waals surface area contributed by atoms with Gasteiger partial charge in [-0.3, -0.25) is 0 Å². The van der Waals surface area contributed by atoms with E-state index >= 15 is 0 Å². The molecule has 1 aliphatic rings. The van der Waals surface area contributed by atoms with E-state index in [1.165, 1.54) is 19.3 Å². The van der Waals surface area contributed by atoms with Crippen molar-refractivity contribution in [2.24, 2.45) is 0 Å². The van der Waals surface area contributed by atoms with Crippen LogP contribution in [0.3, 0.4) is 0 Å². The molecule has 0 bridgehead atoms. The average Bonchev–Trinajstić information content (AvgIpc) is 2.85. The van der Waals surface area contributed by atoms with Crippen LogP contribution in [-0.2, 0) is 6.54 Å². The number of benzene rings is 1. The molecule has 2 atom stereocenters. The van der Waals surface area contributed by atoms with Crippen LogP contribution in [0.15, 0.2) is 18.2 Å². The minimum Gasteiger partial charge on any atom is -0.496 e. The van der Waals surface area contributed by atoms with Crippen LogP contribution in [0.25, 0.3) is 0 Å². The Labute approximate surface area is 118 Å². The first-order valence-corrected chi connectivity index (χ1v) is 7.98. The molecule has 0 aromatic heterocycles. The molecular formula is C14H20ClNOS. The molecule has 1 aliphatic carbocycles. The van der Waals surface area contributed by atoms with Crippen molar-refractivity contribution in [3.8, 4) is 5.75 Å². The zero-order valence-electron chi connectivity index (χ0n) is 10.9. The summed E-state index contributed by atoms with van der Waals surface area (Å²) in [6.45, 7) is 0.786. The molecule has 1 aromatic carbocycles. The van der Waals surface area contributed by atoms with Crippen LogP contribution in [0.4, 0.5) is 0 Å². The van der Waals surface area contributed by atoms with E-state index in [-0.39, 0.29) is 0 Å². The molecule has 18 heavy (non-hydrogen) atoms. The molecule has 0 spiro atoms. The minimum atomic E-state index is 0.614. The highest BCUT2D eigenvalue weighted by atomic mass is 35.5. The van der Waals surface area contributed by atoms with E-state index < -0.39 is 0 Å². The third kappa shape index (κ3) is 3.34. The normalized spacial score (nSPS) is 23.3. The Hall–Kier alpha value is -0.380. The lowest BCUT2D eigenvalue weighted by atomic mass is 10.1. The predicted octanol–water partition coefficient (Wildman–Crippen LogP) is 3.72. The van der Waals surface area contributed by atoms with E-state index in [9.17, 15) is 0 Å². The quantitative estimate of drug-likeness (QED) is 0.891. The summed E-state index contributed by atoms with van der Waals surface area (Å²) in [6.07, 6.45) is 6.04. The van der Waals surface area contributed by atoms with E-state index in [1.54, 1.807) is 7.11 Å². The van der Waals surface area contributed by atoms with Gasteiger partial charge in [0.05, 0.1) is 7.11 Å². The lowest BCUT2D eigenvalue weighted by Crippen LogP contribution is -2.26. The van der Waals surface area contributed by atoms with Crippen LogP contribution in [-0.4, -0.2) is 24.7 Å². The van der Waals surface area contributed by atoms with Gasteiger partial charge in [-0.25, -0.2) is 0 Å². The number of rotatable bonds is 5. The smallest absolute Gasteiger partial charge is 0.124 e. The van der Waals surface area contributed by atoms with Crippen LogP contribution in [0.5, 0.6) is 5.75 Å². The molecule has 0 aliphatic heterocycles. The number of hydrogen-bond donors (Lipinski definition) is 1. The number of hydrogen-bond acceptors (Lipinski definition) is 3. The minimum absolute atomic E-state index is 0.614. The molecule has 0 saturated heterocycles. The van der Waals surface area contributed by atoms with Crippen molar-refractivity contribution in [2.75, 3.05) is 13.4 Å². The molecule has 100 valence electrons. The van der Waals surface area contributed by atoms with Crippen LogP contribution in [0, 0.1) is 0 Å². The van der Waals surface area contributed by atoms with E-state index in [1.807, 2.05) is 30.0 Å². The van der Waals surface area contributed by atoms with Gasteiger partial charge in [0.2, 0.25) is 0 Å². The van der Waals surface area contributed by atoms with Crippen molar-refractivity contribution in [1.29, 1.82) is 0 Å². The summed E-state index contributed by atoms with van der Waals surface area (Å²) in [6, 6.07) is 6.41. The van der Waals surface area contributed by atoms with Crippen molar-refractivity contribution in [2.45, 2.75) is 37.1 Å². The molecule has 0 radical (unpaired) electrons. The Morgan fingerprint density at radius 1 is 1.44 bits per heavy atom. The zero-order valence-corrected chi connectivity index (χ0v) is 12.5. The fourth-order valence-corrected chi connectivity index (χ4v) is 3.52. The Kier molecular flexibility index (Phi) is 5.22. The van der Waals surface area contributed by atoms with E-state index in [0.29, 0.717) is 6.04 Å². The van der Waals surface area contributed by atoms with E-state index in [4.69, 9.17) is 16.3 Å². The Morgan fingerprint density at radius 3 is 2.94 bits per heavy atom. The van der Waals surface area contributed by atoms with Crippen molar-refractivity contribution < 1.29 is 4.74 Å². The summed E-state index contributed by atoms with van der Waals surface area (Å²) in [5.41, 5.74) is 1.06. The van der Waals surface area contributed by atoms with E-state index in [0.717, 1.165) is 28.1 Å². The van der Waals surface area contributed by atoms with Crippen LogP contribution in [0.1, 0.15) is 24.8 Å². The van der Waals surface area contributed by atoms with Crippen molar-refractivity contribution >= 4 is 23.4 Å². The van der Waals surface area contributed by atoms with Gasteiger partial charge in [0, 0.05) is 28.4 Å². The first-order valence-electron chi connectivity index (χ1n) is 6.32. The standard InChI is InChI=1S/C14H20ClNOS/c1-17-14-5-3-4-13(15)12(14)9-16-10-6-7-11(8-10)18-2/h3-5,10-11,16H,6-9H2,1-2H3. The second kappa shape index (κ2) is 6.69. The van der Waals surface area contributed by atoms with Gasteiger partial charge in [0.25, 0.3) is 0 Å². The summed E-state index contributed by atoms with van der Waals surface area (Å²) in [7, 11) is 1.69. The van der Waals surface area contributed by atoms with Gasteiger partial charge < -0.3 is 10.1 Å². The highest BCUT2D eigenvalue weighted by molar-refractivity contribution is 7.99. The summed E-state index contributed by atoms with van der Waals surface area (Å²) in [5.74, 6) is 0.870. The van der Waals surface area contributed by atoms with Crippen LogP contribution in [0.2, 0.25) is 5.02 Å². The first-order chi connectivity index (χ1) is 8.74. The summed E-state index contributed by atoms with van der Waals surface area (Å²) in [5, 5.41) is 5.19. The monoisotopic (exact) mass is 285 g/mol. The maximum Gasteiger partial charge on any atom is 0.124 e. The molecule has 1 aromatic rings. The molecule has 0 amide bonds. The summed E-state index contributed by atoms with van der Waals surface area (Å²) in [4.78, 5) is 0. The molecule has 0 heterocycles. The third-order valence-corrected chi connectivity index (χ3v) is 5.03. The first kappa shape index (κ1) is 14.0. The highest BCUT2D eigenvalue weighted by Crippen LogP contribution is 2.30. The van der Waals surface area contributed by atoms with Gasteiger partial charge in [0.15, 0.2) is 0 Å². The Morgan fingerprint density at radius 2 is 2.28 bits per heavy atom. The van der Waals surface area contributed by atoms with Gasteiger partial charge in [-0.2, -0.15) is 11.8 Å². The molecule has 1 fully saturated rings. The van der Waals surface area contributed by atoms with Crippen LogP contribution >= 0.6 is 23.4 Å². The fourth-order valence-electron chi connectivity index (χ4n) is 2.49. The largest absolute Gasteiger partial charge is 0.496 e. The maximum absolute atomic E-state index is 6.23. The third-order valence-electron chi connectivity index (χ3n) is 3.58. The van der Waals surface area contributed by atoms with Crippen LogP contribution < -0.4 is 10.1 Å². The van der Waals surface area contributed by atoms with Gasteiger partial charge >= 0.3 is 0 Å². The summed E-state index contributed by atoms with van der Waals surface area (Å²) < 4.78 is 5.36. The average molecular weight is 286 g/mol. The van der Waals surface area contributed by atoms with Gasteiger partial charge in [-0.1, -0.05) is 17.7 Å². The topological polar surface area (TPSA) is 21.3 Å². The fraction of sp³-hybridized carbons (Fsp3) is 0.571. The number of halogens is 1. The molecule has 1 saturated carbocycles. The number of nitrogens with one attached hydrogen (secondary N) is 1. The lowest BCUT2D eigenvalue weighted by molar-refractivity contribution is 0.405. The summed E-state index contributed by atoms with van der Waals surface area (Å²) >= 11 is 8.20. The molecule has 2 nitrogen and oxygen atoms in total. The zero-order chi connectivity index (χ0) is 13.0. The van der Waals surface area contributed by atoms with Crippen molar-refractivity contribution in [3.63, 3.8) is 0 Å². The van der Waals surface area contributed by atoms with Crippen molar-refractivity contribution in [3.05, 3.63) is 28.8 Å². The SMILES string of the molecule is COc1cccc(Cl)c1CNC1CCC(SC)C1. The van der Waals surface area contributed by atoms with Gasteiger partial charge in [-0.05, 0) is 37.7 Å². The van der Waals surface area contributed by atoms with Gasteiger partial charge in [-0.15, -0.1) is 0 Å². The Balaban J connectivity index is 1.94. The molecule has 4 heteroatoms. The second-order valence-corrected chi connectivity index (χ2v) is 6.21. The number of thioether (sulfide) groups is 1. The predicted molar refractivity (Wildman–Crippen MR) is 79.8 cm³/mol. The Bertz CT molecular complexity index is 399. The van der Waals surface area contributed by atoms with E-state index in [2.05, 4.69) is 11.6 Å². The molecule has 2 unspecified atom stereocenters. The number of methoxy groups -OCH3 is 1. The maximum atomic E-state index is 6.23. The molecular weight excluding hydrogens is 266 g/mol. The highest BCUT2D eigenvalue weighted by Gasteiger charge is 2.23. The number of ether oxygens (including phenoxy) is 1. The molecule has 2 rings (SSSR count).